The number of halogens is 2. The first-order chi connectivity index (χ1) is 5.74. The minimum atomic E-state index is -2.12. The molecule has 1 aliphatic rings. The van der Waals surface area contributed by atoms with Gasteiger partial charge in [0.1, 0.15) is 0 Å². The van der Waals surface area contributed by atoms with Crippen molar-refractivity contribution in [1.29, 1.82) is 0 Å². The van der Waals surface area contributed by atoms with Gasteiger partial charge in [0, 0.05) is 12.5 Å². The maximum atomic E-state index is 12.3. The fourth-order valence-electron chi connectivity index (χ4n) is 1.82. The lowest BCUT2D eigenvalue weighted by Crippen LogP contribution is -2.38. The Kier molecular flexibility index (Phi) is 3.92. The smallest absolute Gasteiger partial charge is 0.242 e. The van der Waals surface area contributed by atoms with Gasteiger partial charge in [0.25, 0.3) is 0 Å². The Hall–Kier alpha value is -0.180. The van der Waals surface area contributed by atoms with E-state index < -0.39 is 6.43 Å². The van der Waals surface area contributed by atoms with Crippen LogP contribution in [0.25, 0.3) is 0 Å². The van der Waals surface area contributed by atoms with Crippen LogP contribution in [-0.4, -0.2) is 31.0 Å². The Bertz CT molecular complexity index is 126. The molecule has 1 saturated heterocycles. The summed E-state index contributed by atoms with van der Waals surface area (Å²) in [5.41, 5.74) is 0. The minimum Gasteiger partial charge on any atom is -0.303 e. The molecule has 0 spiro atoms. The van der Waals surface area contributed by atoms with Gasteiger partial charge in [0.15, 0.2) is 0 Å². The largest absolute Gasteiger partial charge is 0.303 e. The molecule has 0 unspecified atom stereocenters. The highest BCUT2D eigenvalue weighted by Gasteiger charge is 2.26. The minimum absolute atomic E-state index is 0.370. The van der Waals surface area contributed by atoms with Gasteiger partial charge in [-0.15, -0.1) is 0 Å². The summed E-state index contributed by atoms with van der Waals surface area (Å²) in [7, 11) is 0. The van der Waals surface area contributed by atoms with E-state index in [4.69, 9.17) is 0 Å². The summed E-state index contributed by atoms with van der Waals surface area (Å²) >= 11 is 0. The zero-order chi connectivity index (χ0) is 8.97. The molecule has 1 heterocycles. The first kappa shape index (κ1) is 9.90. The molecule has 0 amide bonds. The van der Waals surface area contributed by atoms with Gasteiger partial charge in [-0.2, -0.15) is 0 Å². The van der Waals surface area contributed by atoms with Gasteiger partial charge in [0.2, 0.25) is 6.43 Å². The van der Waals surface area contributed by atoms with Crippen LogP contribution in [0.15, 0.2) is 0 Å². The second-order valence-electron chi connectivity index (χ2n) is 3.54. The molecule has 12 heavy (non-hydrogen) atoms. The van der Waals surface area contributed by atoms with Gasteiger partial charge in [-0.3, -0.25) is 0 Å². The van der Waals surface area contributed by atoms with Crippen LogP contribution in [0.2, 0.25) is 0 Å². The van der Waals surface area contributed by atoms with Gasteiger partial charge in [0.05, 0.1) is 0 Å². The Morgan fingerprint density at radius 3 is 2.83 bits per heavy atom. The maximum Gasteiger partial charge on any atom is 0.242 e. The maximum absolute atomic E-state index is 12.3. The van der Waals surface area contributed by atoms with E-state index in [0.29, 0.717) is 13.0 Å². The van der Waals surface area contributed by atoms with E-state index >= 15 is 0 Å². The van der Waals surface area contributed by atoms with Crippen LogP contribution in [-0.2, 0) is 0 Å². The highest BCUT2D eigenvalue weighted by atomic mass is 19.3. The average molecular weight is 177 g/mol. The number of rotatable bonds is 3. The molecule has 1 atom stereocenters. The van der Waals surface area contributed by atoms with E-state index in [1.54, 1.807) is 0 Å². The summed E-state index contributed by atoms with van der Waals surface area (Å²) in [6.07, 6.45) is 0.590. The molecule has 0 aliphatic carbocycles. The fraction of sp³-hybridized carbons (Fsp3) is 1.00. The van der Waals surface area contributed by atoms with Gasteiger partial charge < -0.3 is 4.90 Å². The summed E-state index contributed by atoms with van der Waals surface area (Å²) in [6, 6.07) is 0. The van der Waals surface area contributed by atoms with E-state index in [1.807, 2.05) is 0 Å². The second-order valence-corrected chi connectivity index (χ2v) is 3.54. The van der Waals surface area contributed by atoms with Gasteiger partial charge in [-0.05, 0) is 32.4 Å². The molecular weight excluding hydrogens is 160 g/mol. The lowest BCUT2D eigenvalue weighted by Gasteiger charge is -2.31. The van der Waals surface area contributed by atoms with Crippen molar-refractivity contribution in [2.24, 2.45) is 5.92 Å². The lowest BCUT2D eigenvalue weighted by molar-refractivity contribution is 0.0277. The molecule has 1 aliphatic heterocycles. The Morgan fingerprint density at radius 2 is 2.25 bits per heavy atom. The SMILES string of the molecule is CCCN1CCC[C@H](C(F)F)C1. The molecule has 3 heteroatoms. The number of alkyl halides is 2. The van der Waals surface area contributed by atoms with Crippen molar-refractivity contribution < 1.29 is 8.78 Å². The number of likely N-dealkylation sites (tertiary alicyclic amines) is 1. The zero-order valence-electron chi connectivity index (χ0n) is 7.60. The topological polar surface area (TPSA) is 3.24 Å². The Balaban J connectivity index is 2.30. The highest BCUT2D eigenvalue weighted by Crippen LogP contribution is 2.22. The molecular formula is C9H17F2N. The number of hydrogen-bond acceptors (Lipinski definition) is 1. The van der Waals surface area contributed by atoms with E-state index in [9.17, 15) is 8.78 Å². The summed E-state index contributed by atoms with van der Waals surface area (Å²) in [5.74, 6) is -0.370. The average Bonchev–Trinajstić information content (AvgIpc) is 2.05. The molecule has 1 rings (SSSR count). The molecule has 0 aromatic rings. The highest BCUT2D eigenvalue weighted by molar-refractivity contribution is 4.73. The van der Waals surface area contributed by atoms with E-state index in [-0.39, 0.29) is 5.92 Å². The Morgan fingerprint density at radius 1 is 1.50 bits per heavy atom. The third-order valence-corrected chi connectivity index (χ3v) is 2.44. The van der Waals surface area contributed by atoms with E-state index in [0.717, 1.165) is 25.9 Å². The first-order valence-corrected chi connectivity index (χ1v) is 4.74. The summed E-state index contributed by atoms with van der Waals surface area (Å²) in [5, 5.41) is 0. The van der Waals surface area contributed by atoms with Crippen LogP contribution < -0.4 is 0 Å². The van der Waals surface area contributed by atoms with E-state index in [1.165, 1.54) is 0 Å². The molecule has 0 saturated carbocycles. The lowest BCUT2D eigenvalue weighted by atomic mass is 9.98. The van der Waals surface area contributed by atoms with Gasteiger partial charge in [-0.1, -0.05) is 6.92 Å². The monoisotopic (exact) mass is 177 g/mol. The molecule has 1 fully saturated rings. The number of hydrogen-bond donors (Lipinski definition) is 0. The summed E-state index contributed by atoms with van der Waals surface area (Å²) in [6.45, 7) is 4.68. The fourth-order valence-corrected chi connectivity index (χ4v) is 1.82. The van der Waals surface area contributed by atoms with Crippen molar-refractivity contribution >= 4 is 0 Å². The molecule has 0 aromatic carbocycles. The molecule has 0 radical (unpaired) electrons. The normalized spacial score (nSPS) is 26.5. The van der Waals surface area contributed by atoms with E-state index in [2.05, 4.69) is 11.8 Å². The van der Waals surface area contributed by atoms with Gasteiger partial charge in [-0.25, -0.2) is 8.78 Å². The van der Waals surface area contributed by atoms with Crippen molar-refractivity contribution in [3.63, 3.8) is 0 Å². The van der Waals surface area contributed by atoms with Crippen molar-refractivity contribution in [2.45, 2.75) is 32.6 Å². The predicted molar refractivity (Wildman–Crippen MR) is 45.5 cm³/mol. The quantitative estimate of drug-likeness (QED) is 0.639. The van der Waals surface area contributed by atoms with Crippen LogP contribution in [0.1, 0.15) is 26.2 Å². The molecule has 72 valence electrons. The number of nitrogens with zero attached hydrogens (tertiary/aromatic N) is 1. The summed E-state index contributed by atoms with van der Waals surface area (Å²) < 4.78 is 24.6. The van der Waals surface area contributed by atoms with Crippen LogP contribution in [0, 0.1) is 5.92 Å². The molecule has 1 nitrogen and oxygen atoms in total. The van der Waals surface area contributed by atoms with Crippen LogP contribution in [0.5, 0.6) is 0 Å². The van der Waals surface area contributed by atoms with Crippen molar-refractivity contribution in [1.82, 2.24) is 4.90 Å². The molecule has 0 bridgehead atoms. The van der Waals surface area contributed by atoms with Crippen molar-refractivity contribution in [3.05, 3.63) is 0 Å². The predicted octanol–water partition coefficient (Wildman–Crippen LogP) is 2.37. The van der Waals surface area contributed by atoms with Gasteiger partial charge >= 0.3 is 0 Å². The molecule has 0 aromatic heterocycles. The van der Waals surface area contributed by atoms with Crippen LogP contribution >= 0.6 is 0 Å². The van der Waals surface area contributed by atoms with Crippen molar-refractivity contribution in [3.8, 4) is 0 Å². The molecule has 0 N–H and O–H groups in total. The third kappa shape index (κ3) is 2.70. The standard InChI is InChI=1S/C9H17F2N/c1-2-5-12-6-3-4-8(7-12)9(10)11/h8-9H,2-7H2,1H3/t8-/m0/s1. The van der Waals surface area contributed by atoms with Crippen LogP contribution in [0.4, 0.5) is 8.78 Å². The second kappa shape index (κ2) is 4.75. The van der Waals surface area contributed by atoms with Crippen LogP contribution in [0.3, 0.4) is 0 Å². The number of piperidine rings is 1. The summed E-state index contributed by atoms with van der Waals surface area (Å²) in [4.78, 5) is 2.15. The Labute approximate surface area is 72.7 Å². The van der Waals surface area contributed by atoms with Crippen molar-refractivity contribution in [2.75, 3.05) is 19.6 Å². The third-order valence-electron chi connectivity index (χ3n) is 2.44. The first-order valence-electron chi connectivity index (χ1n) is 4.74. The zero-order valence-corrected chi connectivity index (χ0v) is 7.60.